The molecule has 8 heteroatoms. The second kappa shape index (κ2) is 8.47. The number of H-pyrrole nitrogens is 1. The number of rotatable bonds is 6. The molecule has 0 spiro atoms. The first kappa shape index (κ1) is 19.9. The van der Waals surface area contributed by atoms with Crippen LogP contribution in [0.5, 0.6) is 11.5 Å². The van der Waals surface area contributed by atoms with E-state index < -0.39 is 23.5 Å². The Balaban J connectivity index is 1.77. The lowest BCUT2D eigenvalue weighted by molar-refractivity contribution is -0.123. The van der Waals surface area contributed by atoms with E-state index in [0.717, 1.165) is 6.07 Å². The maximum atomic E-state index is 12.6. The number of ether oxygens (including phenoxy) is 3. The van der Waals surface area contributed by atoms with Gasteiger partial charge in [-0.25, -0.2) is 4.79 Å². The molecule has 3 aromatic rings. The van der Waals surface area contributed by atoms with Crippen molar-refractivity contribution in [3.8, 4) is 11.5 Å². The van der Waals surface area contributed by atoms with Crippen LogP contribution in [0.2, 0.25) is 0 Å². The van der Waals surface area contributed by atoms with Crippen LogP contribution in [0.3, 0.4) is 0 Å². The average Bonchev–Trinajstić information content (AvgIpc) is 2.72. The second-order valence-corrected chi connectivity index (χ2v) is 6.23. The van der Waals surface area contributed by atoms with Crippen LogP contribution in [0.4, 0.5) is 5.69 Å². The molecule has 0 saturated heterocycles. The molecule has 2 aromatic carbocycles. The first-order valence-electron chi connectivity index (χ1n) is 8.78. The summed E-state index contributed by atoms with van der Waals surface area (Å²) < 4.78 is 15.6. The first-order chi connectivity index (χ1) is 13.9. The zero-order valence-electron chi connectivity index (χ0n) is 16.1. The summed E-state index contributed by atoms with van der Waals surface area (Å²) in [5, 5.41) is 3.18. The smallest absolute Gasteiger partial charge is 0.339 e. The van der Waals surface area contributed by atoms with E-state index in [4.69, 9.17) is 14.2 Å². The number of para-hydroxylation sites is 1. The van der Waals surface area contributed by atoms with Gasteiger partial charge in [0.2, 0.25) is 5.56 Å². The number of hydrogen-bond donors (Lipinski definition) is 2. The average molecular weight is 396 g/mol. The number of hydrogen-bond acceptors (Lipinski definition) is 6. The van der Waals surface area contributed by atoms with Gasteiger partial charge < -0.3 is 24.5 Å². The number of methoxy groups -OCH3 is 2. The number of amides is 1. The van der Waals surface area contributed by atoms with Gasteiger partial charge >= 0.3 is 5.97 Å². The molecule has 8 nitrogen and oxygen atoms in total. The number of aromatic nitrogens is 1. The second-order valence-electron chi connectivity index (χ2n) is 6.23. The number of anilines is 1. The summed E-state index contributed by atoms with van der Waals surface area (Å²) in [6.45, 7) is 1.44. The van der Waals surface area contributed by atoms with E-state index in [1.54, 1.807) is 42.5 Å². The molecule has 1 heterocycles. The molecule has 3 rings (SSSR count). The molecule has 1 amide bonds. The van der Waals surface area contributed by atoms with Crippen molar-refractivity contribution in [3.05, 3.63) is 64.4 Å². The van der Waals surface area contributed by atoms with Crippen LogP contribution in [0, 0.1) is 0 Å². The summed E-state index contributed by atoms with van der Waals surface area (Å²) >= 11 is 0. The van der Waals surface area contributed by atoms with E-state index in [1.165, 1.54) is 21.1 Å². The first-order valence-corrected chi connectivity index (χ1v) is 8.78. The van der Waals surface area contributed by atoms with Crippen molar-refractivity contribution in [2.75, 3.05) is 19.5 Å². The van der Waals surface area contributed by atoms with Gasteiger partial charge in [0.1, 0.15) is 11.5 Å². The van der Waals surface area contributed by atoms with E-state index in [9.17, 15) is 14.4 Å². The molecule has 1 atom stereocenters. The number of pyridine rings is 1. The van der Waals surface area contributed by atoms with Gasteiger partial charge in [0.15, 0.2) is 6.10 Å². The molecule has 0 bridgehead atoms. The summed E-state index contributed by atoms with van der Waals surface area (Å²) in [6.07, 6.45) is -1.10. The van der Waals surface area contributed by atoms with E-state index >= 15 is 0 Å². The van der Waals surface area contributed by atoms with Crippen LogP contribution >= 0.6 is 0 Å². The molecule has 2 N–H and O–H groups in total. The van der Waals surface area contributed by atoms with Crippen LogP contribution in [-0.2, 0) is 9.53 Å². The van der Waals surface area contributed by atoms with Crippen molar-refractivity contribution in [1.29, 1.82) is 0 Å². The number of nitrogens with one attached hydrogen (secondary N) is 2. The molecule has 0 fully saturated rings. The number of aromatic amines is 1. The Morgan fingerprint density at radius 3 is 2.31 bits per heavy atom. The van der Waals surface area contributed by atoms with Crippen LogP contribution in [0.15, 0.2) is 53.3 Å². The highest BCUT2D eigenvalue weighted by Gasteiger charge is 2.21. The molecular weight excluding hydrogens is 376 g/mol. The lowest BCUT2D eigenvalue weighted by atomic mass is 10.1. The number of carbonyl (C=O) groups is 2. The largest absolute Gasteiger partial charge is 0.497 e. The van der Waals surface area contributed by atoms with Crippen molar-refractivity contribution in [1.82, 2.24) is 4.98 Å². The Labute approximate surface area is 166 Å². The van der Waals surface area contributed by atoms with E-state index in [1.807, 2.05) is 0 Å². The van der Waals surface area contributed by atoms with Crippen molar-refractivity contribution in [2.24, 2.45) is 0 Å². The van der Waals surface area contributed by atoms with Crippen molar-refractivity contribution in [2.45, 2.75) is 13.0 Å². The summed E-state index contributed by atoms with van der Waals surface area (Å²) in [5.74, 6) is -0.306. The monoisotopic (exact) mass is 396 g/mol. The lowest BCUT2D eigenvalue weighted by Crippen LogP contribution is -2.30. The SMILES string of the molecule is COc1cc(NC(=O)C(C)OC(=O)c2cc(=O)[nH]c3ccccc23)cc(OC)c1. The highest BCUT2D eigenvalue weighted by Crippen LogP contribution is 2.26. The zero-order valence-corrected chi connectivity index (χ0v) is 16.1. The maximum Gasteiger partial charge on any atom is 0.339 e. The molecule has 0 aliphatic heterocycles. The van der Waals surface area contributed by atoms with Gasteiger partial charge in [-0.05, 0) is 13.0 Å². The Bertz CT molecular complexity index is 1100. The van der Waals surface area contributed by atoms with Crippen LogP contribution in [-0.4, -0.2) is 37.2 Å². The van der Waals surface area contributed by atoms with Crippen molar-refractivity contribution >= 4 is 28.5 Å². The van der Waals surface area contributed by atoms with Crippen LogP contribution in [0.1, 0.15) is 17.3 Å². The molecule has 0 aliphatic rings. The lowest BCUT2D eigenvalue weighted by Gasteiger charge is -2.15. The minimum absolute atomic E-state index is 0.0899. The van der Waals surface area contributed by atoms with Gasteiger partial charge in [-0.15, -0.1) is 0 Å². The van der Waals surface area contributed by atoms with Crippen LogP contribution < -0.4 is 20.3 Å². The molecule has 0 aliphatic carbocycles. The molecule has 29 heavy (non-hydrogen) atoms. The van der Waals surface area contributed by atoms with Gasteiger partial charge in [0.05, 0.1) is 19.8 Å². The minimum atomic E-state index is -1.10. The normalized spacial score (nSPS) is 11.6. The third kappa shape index (κ3) is 4.55. The van der Waals surface area contributed by atoms with Crippen molar-refractivity contribution < 1.29 is 23.8 Å². The molecule has 0 saturated carbocycles. The summed E-state index contributed by atoms with van der Waals surface area (Å²) in [7, 11) is 2.99. The van der Waals surface area contributed by atoms with E-state index in [-0.39, 0.29) is 5.56 Å². The summed E-state index contributed by atoms with van der Waals surface area (Å²) in [5.41, 5.74) is 0.589. The molecular formula is C21H20N2O6. The fraction of sp³-hybridized carbons (Fsp3) is 0.190. The summed E-state index contributed by atoms with van der Waals surface area (Å²) in [6, 6.07) is 12.9. The minimum Gasteiger partial charge on any atom is -0.497 e. The van der Waals surface area contributed by atoms with E-state index in [0.29, 0.717) is 28.1 Å². The van der Waals surface area contributed by atoms with Gasteiger partial charge in [-0.2, -0.15) is 0 Å². The van der Waals surface area contributed by atoms with E-state index in [2.05, 4.69) is 10.3 Å². The fourth-order valence-electron chi connectivity index (χ4n) is 2.77. The third-order valence-electron chi connectivity index (χ3n) is 4.24. The fourth-order valence-corrected chi connectivity index (χ4v) is 2.77. The predicted octanol–water partition coefficient (Wildman–Crippen LogP) is 2.73. The number of carbonyl (C=O) groups excluding carboxylic acids is 2. The Kier molecular flexibility index (Phi) is 5.82. The number of benzene rings is 2. The van der Waals surface area contributed by atoms with Gasteiger partial charge in [0, 0.05) is 40.9 Å². The number of esters is 1. The maximum absolute atomic E-state index is 12.6. The molecule has 150 valence electrons. The zero-order chi connectivity index (χ0) is 21.0. The molecule has 1 unspecified atom stereocenters. The third-order valence-corrected chi connectivity index (χ3v) is 4.24. The molecule has 1 aromatic heterocycles. The highest BCUT2D eigenvalue weighted by molar-refractivity contribution is 6.04. The number of fused-ring (bicyclic) bond motifs is 1. The topological polar surface area (TPSA) is 107 Å². The van der Waals surface area contributed by atoms with Gasteiger partial charge in [-0.1, -0.05) is 18.2 Å². The van der Waals surface area contributed by atoms with Crippen molar-refractivity contribution in [3.63, 3.8) is 0 Å². The summed E-state index contributed by atoms with van der Waals surface area (Å²) in [4.78, 5) is 39.5. The van der Waals surface area contributed by atoms with Crippen LogP contribution in [0.25, 0.3) is 10.9 Å². The quantitative estimate of drug-likeness (QED) is 0.621. The molecule has 0 radical (unpaired) electrons. The Morgan fingerprint density at radius 1 is 1.00 bits per heavy atom. The van der Waals surface area contributed by atoms with Gasteiger partial charge in [-0.3, -0.25) is 9.59 Å². The Morgan fingerprint density at radius 2 is 1.66 bits per heavy atom. The standard InChI is InChI=1S/C21H20N2O6/c1-12(20(25)22-13-8-14(27-2)10-15(9-13)28-3)29-21(26)17-11-19(24)23-18-7-5-4-6-16(17)18/h4-12H,1-3H3,(H,22,25)(H,23,24). The van der Waals surface area contributed by atoms with Gasteiger partial charge in [0.25, 0.3) is 5.91 Å². The highest BCUT2D eigenvalue weighted by atomic mass is 16.5. The Hall–Kier alpha value is -3.81. The predicted molar refractivity (Wildman–Crippen MR) is 108 cm³/mol.